The molecule has 0 rings (SSSR count). The summed E-state index contributed by atoms with van der Waals surface area (Å²) in [6, 6.07) is 0. The molecule has 0 saturated carbocycles. The van der Waals surface area contributed by atoms with Crippen LogP contribution in [0.4, 0.5) is 0 Å². The Kier molecular flexibility index (Phi) is 15.5. The SMILES string of the molecule is CCCCCCCCCC(=O)OCC(CCC)CCCC. The molecule has 0 heterocycles. The lowest BCUT2D eigenvalue weighted by Gasteiger charge is -2.15. The summed E-state index contributed by atoms with van der Waals surface area (Å²) >= 11 is 0. The van der Waals surface area contributed by atoms with Crippen LogP contribution in [0.2, 0.25) is 0 Å². The molecule has 1 atom stereocenters. The maximum atomic E-state index is 11.7. The van der Waals surface area contributed by atoms with Crippen molar-refractivity contribution in [3.8, 4) is 0 Å². The molecule has 1 unspecified atom stereocenters. The van der Waals surface area contributed by atoms with E-state index in [0.29, 0.717) is 18.9 Å². The highest BCUT2D eigenvalue weighted by Gasteiger charge is 2.10. The molecular formula is C19H38O2. The zero-order chi connectivity index (χ0) is 15.8. The second-order valence-electron chi connectivity index (χ2n) is 6.35. The van der Waals surface area contributed by atoms with E-state index in [2.05, 4.69) is 20.8 Å². The fourth-order valence-corrected chi connectivity index (χ4v) is 2.72. The predicted octanol–water partition coefficient (Wildman–Crippen LogP) is 6.28. The number of rotatable bonds is 15. The largest absolute Gasteiger partial charge is 0.465 e. The van der Waals surface area contributed by atoms with Gasteiger partial charge in [-0.2, -0.15) is 0 Å². The quantitative estimate of drug-likeness (QED) is 0.263. The summed E-state index contributed by atoms with van der Waals surface area (Å²) in [6.45, 7) is 7.31. The van der Waals surface area contributed by atoms with Crippen molar-refractivity contribution in [2.75, 3.05) is 6.61 Å². The molecule has 2 nitrogen and oxygen atoms in total. The predicted molar refractivity (Wildman–Crippen MR) is 91.5 cm³/mol. The van der Waals surface area contributed by atoms with Crippen molar-refractivity contribution in [3.05, 3.63) is 0 Å². The fourth-order valence-electron chi connectivity index (χ4n) is 2.72. The molecule has 0 aromatic carbocycles. The van der Waals surface area contributed by atoms with Crippen LogP contribution in [0, 0.1) is 5.92 Å². The molecule has 0 aromatic rings. The first-order valence-corrected chi connectivity index (χ1v) is 9.40. The van der Waals surface area contributed by atoms with E-state index in [1.807, 2.05) is 0 Å². The number of carbonyl (C=O) groups is 1. The molecule has 0 fully saturated rings. The third-order valence-corrected chi connectivity index (χ3v) is 4.13. The Bertz CT molecular complexity index is 226. The van der Waals surface area contributed by atoms with E-state index in [4.69, 9.17) is 4.74 Å². The van der Waals surface area contributed by atoms with Crippen molar-refractivity contribution in [1.82, 2.24) is 0 Å². The summed E-state index contributed by atoms with van der Waals surface area (Å²) in [5.74, 6) is 0.592. The van der Waals surface area contributed by atoms with Crippen molar-refractivity contribution in [1.29, 1.82) is 0 Å². The maximum Gasteiger partial charge on any atom is 0.305 e. The van der Waals surface area contributed by atoms with Gasteiger partial charge in [-0.1, -0.05) is 78.6 Å². The lowest BCUT2D eigenvalue weighted by molar-refractivity contribution is -0.145. The van der Waals surface area contributed by atoms with Gasteiger partial charge in [0.2, 0.25) is 0 Å². The summed E-state index contributed by atoms with van der Waals surface area (Å²) in [7, 11) is 0. The van der Waals surface area contributed by atoms with Crippen LogP contribution < -0.4 is 0 Å². The Hall–Kier alpha value is -0.530. The summed E-state index contributed by atoms with van der Waals surface area (Å²) < 4.78 is 5.46. The van der Waals surface area contributed by atoms with Gasteiger partial charge in [-0.15, -0.1) is 0 Å². The minimum absolute atomic E-state index is 0.0150. The summed E-state index contributed by atoms with van der Waals surface area (Å²) in [5, 5.41) is 0. The van der Waals surface area contributed by atoms with Crippen LogP contribution in [0.1, 0.15) is 104 Å². The fraction of sp³-hybridized carbons (Fsp3) is 0.947. The Morgan fingerprint density at radius 1 is 0.762 bits per heavy atom. The van der Waals surface area contributed by atoms with Crippen molar-refractivity contribution in [3.63, 3.8) is 0 Å². The molecule has 0 saturated heterocycles. The molecule has 0 aromatic heterocycles. The highest BCUT2D eigenvalue weighted by Crippen LogP contribution is 2.16. The number of hydrogen-bond acceptors (Lipinski definition) is 2. The Morgan fingerprint density at radius 3 is 2.00 bits per heavy atom. The van der Waals surface area contributed by atoms with Crippen LogP contribution in [-0.2, 0) is 9.53 Å². The van der Waals surface area contributed by atoms with Gasteiger partial charge < -0.3 is 4.74 Å². The van der Waals surface area contributed by atoms with E-state index >= 15 is 0 Å². The number of esters is 1. The average Bonchev–Trinajstić information content (AvgIpc) is 2.49. The number of unbranched alkanes of at least 4 members (excludes halogenated alkanes) is 7. The Morgan fingerprint density at radius 2 is 1.38 bits per heavy atom. The van der Waals surface area contributed by atoms with Gasteiger partial charge in [0.15, 0.2) is 0 Å². The molecule has 126 valence electrons. The van der Waals surface area contributed by atoms with E-state index in [1.54, 1.807) is 0 Å². The van der Waals surface area contributed by atoms with Crippen molar-refractivity contribution >= 4 is 5.97 Å². The number of hydrogen-bond donors (Lipinski definition) is 0. The van der Waals surface area contributed by atoms with Crippen molar-refractivity contribution in [2.45, 2.75) is 104 Å². The first-order chi connectivity index (χ1) is 10.2. The molecule has 0 radical (unpaired) electrons. The van der Waals surface area contributed by atoms with Crippen LogP contribution in [0.25, 0.3) is 0 Å². The second kappa shape index (κ2) is 15.9. The van der Waals surface area contributed by atoms with Crippen LogP contribution in [0.5, 0.6) is 0 Å². The zero-order valence-electron chi connectivity index (χ0n) is 14.8. The van der Waals surface area contributed by atoms with Crippen molar-refractivity contribution < 1.29 is 9.53 Å². The molecule has 0 bridgehead atoms. The highest BCUT2D eigenvalue weighted by molar-refractivity contribution is 5.69. The molecule has 0 N–H and O–H groups in total. The van der Waals surface area contributed by atoms with Crippen LogP contribution in [-0.4, -0.2) is 12.6 Å². The van der Waals surface area contributed by atoms with E-state index < -0.39 is 0 Å². The van der Waals surface area contributed by atoms with Gasteiger partial charge in [0, 0.05) is 6.42 Å². The van der Waals surface area contributed by atoms with Crippen LogP contribution in [0.3, 0.4) is 0 Å². The molecule has 2 heteroatoms. The lowest BCUT2D eigenvalue weighted by Crippen LogP contribution is -2.14. The third-order valence-electron chi connectivity index (χ3n) is 4.13. The molecule has 0 spiro atoms. The molecular weight excluding hydrogens is 260 g/mol. The molecule has 21 heavy (non-hydrogen) atoms. The first-order valence-electron chi connectivity index (χ1n) is 9.40. The first kappa shape index (κ1) is 20.5. The minimum atomic E-state index is 0.0150. The Balaban J connectivity index is 3.54. The van der Waals surface area contributed by atoms with Gasteiger partial charge in [-0.25, -0.2) is 0 Å². The second-order valence-corrected chi connectivity index (χ2v) is 6.35. The van der Waals surface area contributed by atoms with Crippen LogP contribution >= 0.6 is 0 Å². The van der Waals surface area contributed by atoms with Gasteiger partial charge in [-0.3, -0.25) is 4.79 Å². The Labute approximate surface area is 133 Å². The van der Waals surface area contributed by atoms with Gasteiger partial charge in [0.25, 0.3) is 0 Å². The minimum Gasteiger partial charge on any atom is -0.465 e. The zero-order valence-corrected chi connectivity index (χ0v) is 14.8. The van der Waals surface area contributed by atoms with E-state index in [9.17, 15) is 4.79 Å². The van der Waals surface area contributed by atoms with Crippen LogP contribution in [0.15, 0.2) is 0 Å². The van der Waals surface area contributed by atoms with E-state index in [0.717, 1.165) is 6.42 Å². The standard InChI is InChI=1S/C19H38O2/c1-4-7-9-10-11-12-13-16-19(20)21-17-18(14-6-3)15-8-5-2/h18H,4-17H2,1-3H3. The molecule has 0 amide bonds. The summed E-state index contributed by atoms with van der Waals surface area (Å²) in [4.78, 5) is 11.7. The van der Waals surface area contributed by atoms with E-state index in [-0.39, 0.29) is 5.97 Å². The summed E-state index contributed by atoms with van der Waals surface area (Å²) in [5.41, 5.74) is 0. The highest BCUT2D eigenvalue weighted by atomic mass is 16.5. The normalized spacial score (nSPS) is 12.3. The van der Waals surface area contributed by atoms with Gasteiger partial charge >= 0.3 is 5.97 Å². The van der Waals surface area contributed by atoms with Gasteiger partial charge in [-0.05, 0) is 25.2 Å². The average molecular weight is 299 g/mol. The topological polar surface area (TPSA) is 26.3 Å². The smallest absolute Gasteiger partial charge is 0.305 e. The molecule has 0 aliphatic rings. The van der Waals surface area contributed by atoms with Gasteiger partial charge in [0.1, 0.15) is 0 Å². The van der Waals surface area contributed by atoms with Gasteiger partial charge in [0.05, 0.1) is 6.61 Å². The number of ether oxygens (including phenoxy) is 1. The monoisotopic (exact) mass is 298 g/mol. The molecule has 0 aliphatic heterocycles. The number of carbonyl (C=O) groups excluding carboxylic acids is 1. The lowest BCUT2D eigenvalue weighted by atomic mass is 9.98. The van der Waals surface area contributed by atoms with E-state index in [1.165, 1.54) is 70.6 Å². The maximum absolute atomic E-state index is 11.7. The third kappa shape index (κ3) is 14.2. The van der Waals surface area contributed by atoms with Crippen molar-refractivity contribution in [2.24, 2.45) is 5.92 Å². The summed E-state index contributed by atoms with van der Waals surface area (Å²) in [6.07, 6.45) is 15.4. The molecule has 0 aliphatic carbocycles.